The lowest BCUT2D eigenvalue weighted by Gasteiger charge is -2.39. The van der Waals surface area contributed by atoms with Gasteiger partial charge in [-0.3, -0.25) is 0 Å². The van der Waals surface area contributed by atoms with Gasteiger partial charge in [0.2, 0.25) is 0 Å². The largest absolute Gasteiger partial charge is 0.394 e. The van der Waals surface area contributed by atoms with Crippen LogP contribution < -0.4 is 0 Å². The molecule has 11 unspecified atom stereocenters. The van der Waals surface area contributed by atoms with Crippen molar-refractivity contribution in [2.45, 2.75) is 319 Å². The standard InChI is InChI=1S/8C8H18O2/c1-7(2,3)6(9)8(4,5)10;1-7(2,3)5-8(4,10)6-9;1-6(7(10)5-9)8(2,3)4;1-6(9)8(5,10)7(2,3)4;1-6(2)8(3,4)7(10)5-9;1-6(2)7(3)8(4,10)5-9;1-6(2)8(5,10)7(3,4)9;1-5-7(2,3)8(4,10)6-9/h6,9-10H,1-5H3;9-10H,5-6H2,1-4H3;6-7,9-10H,5H2,1-4H3;6,9-10H,1-5H3;2*6-7,9-10H,5H2,1-4H3;6,9-10H,1-5H3;9-10H,5-6H2,1-4H3. The molecule has 0 saturated heterocycles. The fourth-order valence-electron chi connectivity index (χ4n) is 6.40. The molecule has 0 aromatic heterocycles. The predicted molar refractivity (Wildman–Crippen MR) is 334 cm³/mol. The van der Waals surface area contributed by atoms with Crippen molar-refractivity contribution >= 4 is 0 Å². The van der Waals surface area contributed by atoms with E-state index >= 15 is 0 Å². The molecule has 0 aromatic rings. The molecule has 0 heterocycles. The van der Waals surface area contributed by atoms with Gasteiger partial charge in [-0.25, -0.2) is 0 Å². The Labute approximate surface area is 493 Å². The van der Waals surface area contributed by atoms with Crippen LogP contribution in [0.5, 0.6) is 0 Å². The fourth-order valence-corrected chi connectivity index (χ4v) is 6.40. The molecule has 0 amide bonds. The van der Waals surface area contributed by atoms with Gasteiger partial charge in [-0.2, -0.15) is 0 Å². The minimum Gasteiger partial charge on any atom is -0.394 e. The molecule has 0 aliphatic carbocycles. The highest BCUT2D eigenvalue weighted by Crippen LogP contribution is 2.35. The number of hydrogen-bond acceptors (Lipinski definition) is 16. The molecule has 496 valence electrons. The molecule has 0 rings (SSSR count). The highest BCUT2D eigenvalue weighted by atomic mass is 16.4. The molecule has 80 heavy (non-hydrogen) atoms. The smallest absolute Gasteiger partial charge is 0.0922 e. The van der Waals surface area contributed by atoms with E-state index in [9.17, 15) is 51.1 Å². The predicted octanol–water partition coefficient (Wildman–Crippen LogP) is 8.89. The second-order valence-electron chi connectivity index (χ2n) is 31.5. The fraction of sp³-hybridized carbons (Fsp3) is 1.00. The van der Waals surface area contributed by atoms with Crippen molar-refractivity contribution in [1.29, 1.82) is 0 Å². The topological polar surface area (TPSA) is 324 Å². The number of rotatable bonds is 17. The third-order valence-electron chi connectivity index (χ3n) is 17.0. The van der Waals surface area contributed by atoms with Gasteiger partial charge in [0, 0.05) is 0 Å². The quantitative estimate of drug-likeness (QED) is 0.0646. The summed E-state index contributed by atoms with van der Waals surface area (Å²) in [6.07, 6.45) is -1.07. The Kier molecular flexibility index (Phi) is 45.2. The zero-order valence-electron chi connectivity index (χ0n) is 58.8. The van der Waals surface area contributed by atoms with Crippen LogP contribution in [0.2, 0.25) is 0 Å². The Bertz CT molecular complexity index is 1420. The lowest BCUT2D eigenvalue weighted by atomic mass is 9.74. The second kappa shape index (κ2) is 37.8. The molecule has 0 bridgehead atoms. The zero-order chi connectivity index (χ0) is 67.6. The SMILES string of the molecule is CC(C(O)CO)C(C)(C)C.CC(C)(C)C(O)C(C)(C)O.CC(C)(C)CC(C)(O)CO.CC(C)C(C)(C)C(O)CO.CC(C)C(C)(O)C(C)(C)O.CC(C)C(C)C(C)(O)CO.CC(O)C(C)(O)C(C)(C)C.CCC(C)(C)C(C)(O)CO. The summed E-state index contributed by atoms with van der Waals surface area (Å²) in [5.74, 6) is 1.12. The van der Waals surface area contributed by atoms with Gasteiger partial charge in [-0.05, 0) is 144 Å². The molecule has 16 heteroatoms. The van der Waals surface area contributed by atoms with Gasteiger partial charge in [-0.15, -0.1) is 0 Å². The van der Waals surface area contributed by atoms with Crippen molar-refractivity contribution in [3.05, 3.63) is 0 Å². The maximum atomic E-state index is 9.68. The van der Waals surface area contributed by atoms with Crippen LogP contribution in [0, 0.1) is 62.1 Å². The van der Waals surface area contributed by atoms with E-state index in [0.717, 1.165) is 6.42 Å². The summed E-state index contributed by atoms with van der Waals surface area (Å²) in [5.41, 5.74) is -7.61. The van der Waals surface area contributed by atoms with Crippen LogP contribution in [0.4, 0.5) is 0 Å². The highest BCUT2D eigenvalue weighted by Gasteiger charge is 2.41. The van der Waals surface area contributed by atoms with Crippen LogP contribution in [0.3, 0.4) is 0 Å². The first-order valence-electron chi connectivity index (χ1n) is 29.2. The average molecular weight is 1170 g/mol. The summed E-state index contributed by atoms with van der Waals surface area (Å²) in [6, 6.07) is 0. The summed E-state index contributed by atoms with van der Waals surface area (Å²) >= 11 is 0. The molecule has 0 saturated carbocycles. The van der Waals surface area contributed by atoms with Crippen molar-refractivity contribution in [1.82, 2.24) is 0 Å². The van der Waals surface area contributed by atoms with E-state index in [1.165, 1.54) is 0 Å². The second-order valence-corrected chi connectivity index (χ2v) is 31.5. The van der Waals surface area contributed by atoms with Gasteiger partial charge < -0.3 is 81.7 Å². The minimum absolute atomic E-state index is 0.0625. The number of aliphatic hydroxyl groups excluding tert-OH is 9. The zero-order valence-corrected chi connectivity index (χ0v) is 58.8. The Hall–Kier alpha value is -0.640. The summed E-state index contributed by atoms with van der Waals surface area (Å²) < 4.78 is 0. The molecular weight excluding hydrogens is 1020 g/mol. The van der Waals surface area contributed by atoms with Crippen LogP contribution in [0.1, 0.15) is 255 Å². The van der Waals surface area contributed by atoms with E-state index in [0.29, 0.717) is 18.3 Å². The van der Waals surface area contributed by atoms with Gasteiger partial charge in [0.1, 0.15) is 0 Å². The highest BCUT2D eigenvalue weighted by molar-refractivity contribution is 4.93. The Morgan fingerprint density at radius 1 is 0.412 bits per heavy atom. The van der Waals surface area contributed by atoms with Gasteiger partial charge in [0.25, 0.3) is 0 Å². The normalized spacial score (nSPS) is 18.8. The van der Waals surface area contributed by atoms with Crippen molar-refractivity contribution in [2.24, 2.45) is 62.1 Å². The Balaban J connectivity index is -0.000000123. The summed E-state index contributed by atoms with van der Waals surface area (Å²) in [7, 11) is 0. The average Bonchev–Trinajstić information content (AvgIpc) is 3.26. The van der Waals surface area contributed by atoms with Crippen LogP contribution in [-0.2, 0) is 0 Å². The van der Waals surface area contributed by atoms with Crippen molar-refractivity contribution in [2.75, 3.05) is 33.0 Å². The molecule has 16 nitrogen and oxygen atoms in total. The third-order valence-corrected chi connectivity index (χ3v) is 17.0. The van der Waals surface area contributed by atoms with Crippen molar-refractivity contribution < 1.29 is 81.7 Å². The summed E-state index contributed by atoms with van der Waals surface area (Å²) in [5, 5.41) is 147. The molecule has 0 aliphatic heterocycles. The molecule has 16 N–H and O–H groups in total. The lowest BCUT2D eigenvalue weighted by molar-refractivity contribution is -0.144. The summed E-state index contributed by atoms with van der Waals surface area (Å²) in [4.78, 5) is 0. The maximum Gasteiger partial charge on any atom is 0.0922 e. The van der Waals surface area contributed by atoms with E-state index in [1.807, 2.05) is 152 Å². The monoisotopic (exact) mass is 1170 g/mol. The van der Waals surface area contributed by atoms with Gasteiger partial charge in [0.15, 0.2) is 0 Å². The molecule has 0 radical (unpaired) electrons. The first-order valence-corrected chi connectivity index (χ1v) is 29.2. The van der Waals surface area contributed by atoms with Crippen molar-refractivity contribution in [3.8, 4) is 0 Å². The number of hydrogen-bond donors (Lipinski definition) is 16. The molecule has 0 fully saturated rings. The van der Waals surface area contributed by atoms with Crippen LogP contribution in [0.25, 0.3) is 0 Å². The third kappa shape index (κ3) is 41.4. The van der Waals surface area contributed by atoms with E-state index in [1.54, 1.807) is 69.2 Å². The van der Waals surface area contributed by atoms with Crippen molar-refractivity contribution in [3.63, 3.8) is 0 Å². The molecule has 0 aromatic carbocycles. The van der Waals surface area contributed by atoms with Gasteiger partial charge >= 0.3 is 0 Å². The van der Waals surface area contributed by atoms with Crippen LogP contribution in [0.15, 0.2) is 0 Å². The van der Waals surface area contributed by atoms with E-state index in [-0.39, 0.29) is 83.3 Å². The summed E-state index contributed by atoms with van der Waals surface area (Å²) in [6.45, 7) is 64.9. The maximum absolute atomic E-state index is 9.68. The van der Waals surface area contributed by atoms with E-state index in [2.05, 4.69) is 20.8 Å². The van der Waals surface area contributed by atoms with Gasteiger partial charge in [0.05, 0.1) is 96.7 Å². The van der Waals surface area contributed by atoms with Crippen LogP contribution in [-0.4, -0.2) is 178 Å². The molecular formula is C64H144O16. The lowest BCUT2D eigenvalue weighted by Crippen LogP contribution is -2.51. The van der Waals surface area contributed by atoms with Gasteiger partial charge in [-0.1, -0.05) is 173 Å². The Morgan fingerprint density at radius 3 is 0.838 bits per heavy atom. The minimum atomic E-state index is -1.03. The molecule has 0 aliphatic rings. The first kappa shape index (κ1) is 95.7. The van der Waals surface area contributed by atoms with E-state index < -0.39 is 63.6 Å². The van der Waals surface area contributed by atoms with Crippen LogP contribution >= 0.6 is 0 Å². The Morgan fingerprint density at radius 2 is 0.775 bits per heavy atom. The molecule has 0 spiro atoms. The number of aliphatic hydroxyl groups is 16. The first-order chi connectivity index (χ1) is 34.4. The van der Waals surface area contributed by atoms with E-state index in [4.69, 9.17) is 30.6 Å². The molecule has 11 atom stereocenters.